The second kappa shape index (κ2) is 3.64. The first-order chi connectivity index (χ1) is 6.33. The Hall–Kier alpha value is -0.610. The molecule has 5 heteroatoms. The summed E-state index contributed by atoms with van der Waals surface area (Å²) in [6.07, 6.45) is 1.86. The number of aromatic nitrogens is 3. The molecule has 72 valence electrons. The lowest BCUT2D eigenvalue weighted by molar-refractivity contribution is 0.186. The Bertz CT molecular complexity index is 294. The van der Waals surface area contributed by atoms with E-state index in [-0.39, 0.29) is 0 Å². The Balaban J connectivity index is 2.30. The van der Waals surface area contributed by atoms with Crippen LogP contribution in [0.5, 0.6) is 0 Å². The molecule has 1 aromatic heterocycles. The smallest absolute Gasteiger partial charge is 0.225 e. The molecule has 0 radical (unpaired) electrons. The fourth-order valence-electron chi connectivity index (χ4n) is 1.63. The van der Waals surface area contributed by atoms with Gasteiger partial charge in [0.25, 0.3) is 0 Å². The van der Waals surface area contributed by atoms with Crippen molar-refractivity contribution in [2.45, 2.75) is 25.8 Å². The molecule has 1 saturated heterocycles. The molecule has 1 aliphatic heterocycles. The quantitative estimate of drug-likeness (QED) is 0.727. The van der Waals surface area contributed by atoms with Crippen LogP contribution in [0.15, 0.2) is 0 Å². The van der Waals surface area contributed by atoms with Crippen molar-refractivity contribution in [3.8, 4) is 0 Å². The molecule has 0 aromatic carbocycles. The van der Waals surface area contributed by atoms with Gasteiger partial charge in [-0.2, -0.15) is 0 Å². The molecule has 1 aliphatic rings. The summed E-state index contributed by atoms with van der Waals surface area (Å²) in [5, 5.41) is 8.34. The SMILES string of the molecule is CCc1nnc(Cl)n1C1CCOC1. The maximum Gasteiger partial charge on any atom is 0.225 e. The molecular formula is C8H12ClN3O. The van der Waals surface area contributed by atoms with Crippen molar-refractivity contribution in [2.24, 2.45) is 0 Å². The number of halogens is 1. The highest BCUT2D eigenvalue weighted by atomic mass is 35.5. The van der Waals surface area contributed by atoms with Crippen LogP contribution >= 0.6 is 11.6 Å². The summed E-state index contributed by atoms with van der Waals surface area (Å²) in [7, 11) is 0. The van der Waals surface area contributed by atoms with Crippen LogP contribution in [-0.4, -0.2) is 28.0 Å². The molecule has 0 spiro atoms. The van der Waals surface area contributed by atoms with Crippen LogP contribution in [0.4, 0.5) is 0 Å². The van der Waals surface area contributed by atoms with E-state index < -0.39 is 0 Å². The molecular weight excluding hydrogens is 190 g/mol. The maximum absolute atomic E-state index is 5.94. The number of hydrogen-bond acceptors (Lipinski definition) is 3. The van der Waals surface area contributed by atoms with Crippen molar-refractivity contribution in [3.63, 3.8) is 0 Å². The highest BCUT2D eigenvalue weighted by Crippen LogP contribution is 2.24. The van der Waals surface area contributed by atoms with Crippen molar-refractivity contribution >= 4 is 11.6 Å². The van der Waals surface area contributed by atoms with Crippen molar-refractivity contribution in [2.75, 3.05) is 13.2 Å². The maximum atomic E-state index is 5.94. The standard InChI is InChI=1S/C8H12ClN3O/c1-2-7-10-11-8(9)12(7)6-3-4-13-5-6/h6H,2-5H2,1H3. The van der Waals surface area contributed by atoms with E-state index in [1.54, 1.807) is 0 Å². The van der Waals surface area contributed by atoms with Crippen molar-refractivity contribution < 1.29 is 4.74 Å². The third kappa shape index (κ3) is 1.56. The van der Waals surface area contributed by atoms with Gasteiger partial charge in [0.15, 0.2) is 0 Å². The lowest BCUT2D eigenvalue weighted by Crippen LogP contribution is -2.12. The van der Waals surface area contributed by atoms with Gasteiger partial charge in [0, 0.05) is 13.0 Å². The first kappa shape index (κ1) is 8.97. The lowest BCUT2D eigenvalue weighted by Gasteiger charge is -2.12. The fraction of sp³-hybridized carbons (Fsp3) is 0.750. The summed E-state index contributed by atoms with van der Waals surface area (Å²) >= 11 is 5.94. The fourth-order valence-corrected chi connectivity index (χ4v) is 1.90. The lowest BCUT2D eigenvalue weighted by atomic mass is 10.2. The molecule has 0 aliphatic carbocycles. The van der Waals surface area contributed by atoms with Gasteiger partial charge in [-0.05, 0) is 18.0 Å². The minimum absolute atomic E-state index is 0.331. The Morgan fingerprint density at radius 2 is 2.46 bits per heavy atom. The van der Waals surface area contributed by atoms with Crippen LogP contribution in [0.25, 0.3) is 0 Å². The Labute approximate surface area is 81.9 Å². The number of nitrogens with zero attached hydrogens (tertiary/aromatic N) is 3. The molecule has 1 aromatic rings. The van der Waals surface area contributed by atoms with E-state index in [0.29, 0.717) is 11.3 Å². The summed E-state index contributed by atoms with van der Waals surface area (Å²) in [6, 6.07) is 0.331. The summed E-state index contributed by atoms with van der Waals surface area (Å²) in [6.45, 7) is 3.58. The summed E-state index contributed by atoms with van der Waals surface area (Å²) in [5.41, 5.74) is 0. The average Bonchev–Trinajstić information content (AvgIpc) is 2.72. The van der Waals surface area contributed by atoms with Crippen LogP contribution in [0.2, 0.25) is 5.28 Å². The molecule has 0 amide bonds. The van der Waals surface area contributed by atoms with Crippen LogP contribution in [0.3, 0.4) is 0 Å². The van der Waals surface area contributed by atoms with E-state index in [9.17, 15) is 0 Å². The van der Waals surface area contributed by atoms with Crippen LogP contribution in [-0.2, 0) is 11.2 Å². The molecule has 0 bridgehead atoms. The van der Waals surface area contributed by atoms with Crippen LogP contribution in [0, 0.1) is 0 Å². The molecule has 1 atom stereocenters. The zero-order valence-electron chi connectivity index (χ0n) is 7.53. The minimum Gasteiger partial charge on any atom is -0.379 e. The minimum atomic E-state index is 0.331. The normalized spacial score (nSPS) is 22.5. The summed E-state index contributed by atoms with van der Waals surface area (Å²) in [4.78, 5) is 0. The van der Waals surface area contributed by atoms with Gasteiger partial charge in [-0.25, -0.2) is 0 Å². The summed E-state index contributed by atoms with van der Waals surface area (Å²) in [5.74, 6) is 0.945. The number of rotatable bonds is 2. The van der Waals surface area contributed by atoms with Crippen LogP contribution < -0.4 is 0 Å². The zero-order chi connectivity index (χ0) is 9.26. The molecule has 2 rings (SSSR count). The topological polar surface area (TPSA) is 39.9 Å². The third-order valence-electron chi connectivity index (χ3n) is 2.31. The number of ether oxygens (including phenoxy) is 1. The van der Waals surface area contributed by atoms with E-state index in [1.807, 2.05) is 11.5 Å². The highest BCUT2D eigenvalue weighted by molar-refractivity contribution is 6.28. The average molecular weight is 202 g/mol. The number of hydrogen-bond donors (Lipinski definition) is 0. The first-order valence-electron chi connectivity index (χ1n) is 4.50. The zero-order valence-corrected chi connectivity index (χ0v) is 8.29. The van der Waals surface area contributed by atoms with E-state index in [0.717, 1.165) is 31.9 Å². The second-order valence-electron chi connectivity index (χ2n) is 3.13. The van der Waals surface area contributed by atoms with Gasteiger partial charge in [-0.1, -0.05) is 6.92 Å². The monoisotopic (exact) mass is 201 g/mol. The molecule has 1 fully saturated rings. The molecule has 1 unspecified atom stereocenters. The van der Waals surface area contributed by atoms with E-state index >= 15 is 0 Å². The molecule has 0 N–H and O–H groups in total. The van der Waals surface area contributed by atoms with Crippen LogP contribution in [0.1, 0.15) is 25.2 Å². The predicted molar refractivity (Wildman–Crippen MR) is 48.9 cm³/mol. The first-order valence-corrected chi connectivity index (χ1v) is 4.87. The van der Waals surface area contributed by atoms with Crippen molar-refractivity contribution in [3.05, 3.63) is 11.1 Å². The van der Waals surface area contributed by atoms with E-state index in [1.165, 1.54) is 0 Å². The Morgan fingerprint density at radius 3 is 3.08 bits per heavy atom. The van der Waals surface area contributed by atoms with E-state index in [2.05, 4.69) is 10.2 Å². The predicted octanol–water partition coefficient (Wildman–Crippen LogP) is 1.46. The second-order valence-corrected chi connectivity index (χ2v) is 3.46. The van der Waals surface area contributed by atoms with Gasteiger partial charge in [-0.15, -0.1) is 10.2 Å². The van der Waals surface area contributed by atoms with Crippen molar-refractivity contribution in [1.82, 2.24) is 14.8 Å². The molecule has 4 nitrogen and oxygen atoms in total. The molecule has 2 heterocycles. The van der Waals surface area contributed by atoms with Crippen molar-refractivity contribution in [1.29, 1.82) is 0 Å². The van der Waals surface area contributed by atoms with Gasteiger partial charge in [0.1, 0.15) is 5.82 Å². The van der Waals surface area contributed by atoms with Gasteiger partial charge >= 0.3 is 0 Å². The largest absolute Gasteiger partial charge is 0.379 e. The van der Waals surface area contributed by atoms with Gasteiger partial charge in [-0.3, -0.25) is 4.57 Å². The third-order valence-corrected chi connectivity index (χ3v) is 2.57. The molecule has 0 saturated carbocycles. The summed E-state index contributed by atoms with van der Waals surface area (Å²) < 4.78 is 7.28. The Kier molecular flexibility index (Phi) is 2.51. The van der Waals surface area contributed by atoms with Gasteiger partial charge < -0.3 is 4.74 Å². The van der Waals surface area contributed by atoms with Gasteiger partial charge in [0.05, 0.1) is 12.6 Å². The highest BCUT2D eigenvalue weighted by Gasteiger charge is 2.22. The van der Waals surface area contributed by atoms with Gasteiger partial charge in [0.2, 0.25) is 5.28 Å². The number of aryl methyl sites for hydroxylation is 1. The Morgan fingerprint density at radius 1 is 1.62 bits per heavy atom. The van der Waals surface area contributed by atoms with E-state index in [4.69, 9.17) is 16.3 Å². The molecule has 13 heavy (non-hydrogen) atoms.